The molecule has 0 fully saturated rings. The SMILES string of the molecule is c1ccc(-c2cccc(-c3ccc4c(c3)N(c3ccccc3)B3c5ccccc5Oc5cc(-c6ccccc6-n6c7ccccc7c7ccccc76)cc-4c53)c2)cc1. The topological polar surface area (TPSA) is 17.4 Å². The predicted molar refractivity (Wildman–Crippen MR) is 243 cm³/mol. The number of anilines is 2. The maximum atomic E-state index is 6.97. The lowest BCUT2D eigenvalue weighted by Crippen LogP contribution is -2.59. The fourth-order valence-electron chi connectivity index (χ4n) is 9.47. The van der Waals surface area contributed by atoms with Crippen LogP contribution in [0.5, 0.6) is 11.5 Å². The van der Waals surface area contributed by atoms with E-state index in [0.29, 0.717) is 0 Å². The summed E-state index contributed by atoms with van der Waals surface area (Å²) in [5, 5.41) is 2.49. The Kier molecular flexibility index (Phi) is 7.33. The number of ether oxygens (including phenoxy) is 1. The van der Waals surface area contributed by atoms with Crippen LogP contribution in [0.3, 0.4) is 0 Å². The molecular weight excluding hydrogens is 703 g/mol. The van der Waals surface area contributed by atoms with Crippen LogP contribution < -0.4 is 20.5 Å². The van der Waals surface area contributed by atoms with E-state index in [1.54, 1.807) is 0 Å². The third kappa shape index (κ3) is 5.02. The average molecular weight is 739 g/mol. The minimum atomic E-state index is -0.0996. The number of benzene rings is 9. The summed E-state index contributed by atoms with van der Waals surface area (Å²) in [5.41, 5.74) is 17.6. The van der Waals surface area contributed by atoms with Gasteiger partial charge in [-0.15, -0.1) is 0 Å². The highest BCUT2D eigenvalue weighted by molar-refractivity contribution is 6.92. The van der Waals surface area contributed by atoms with Gasteiger partial charge in [-0.3, -0.25) is 0 Å². The molecule has 0 amide bonds. The van der Waals surface area contributed by atoms with Crippen LogP contribution in [0, 0.1) is 0 Å². The van der Waals surface area contributed by atoms with Crippen molar-refractivity contribution in [3.8, 4) is 61.7 Å². The third-order valence-electron chi connectivity index (χ3n) is 12.0. The largest absolute Gasteiger partial charge is 0.458 e. The van der Waals surface area contributed by atoms with Crippen molar-refractivity contribution in [3.05, 3.63) is 212 Å². The molecule has 58 heavy (non-hydrogen) atoms. The van der Waals surface area contributed by atoms with Crippen LogP contribution in [0.1, 0.15) is 0 Å². The third-order valence-corrected chi connectivity index (χ3v) is 12.0. The monoisotopic (exact) mass is 738 g/mol. The number of hydrogen-bond acceptors (Lipinski definition) is 2. The van der Waals surface area contributed by atoms with Gasteiger partial charge in [0.05, 0.1) is 16.7 Å². The van der Waals surface area contributed by atoms with Gasteiger partial charge in [-0.25, -0.2) is 0 Å². The highest BCUT2D eigenvalue weighted by Crippen LogP contribution is 2.47. The van der Waals surface area contributed by atoms with Gasteiger partial charge in [0, 0.05) is 38.7 Å². The zero-order valence-corrected chi connectivity index (χ0v) is 31.6. The normalized spacial score (nSPS) is 12.6. The molecule has 0 saturated carbocycles. The molecule has 270 valence electrons. The lowest BCUT2D eigenvalue weighted by atomic mass is 9.44. The van der Waals surface area contributed by atoms with Gasteiger partial charge in [-0.1, -0.05) is 152 Å². The van der Waals surface area contributed by atoms with Crippen LogP contribution >= 0.6 is 0 Å². The Morgan fingerprint density at radius 1 is 0.362 bits per heavy atom. The molecule has 0 atom stereocenters. The second kappa shape index (κ2) is 13.0. The number of para-hydroxylation sites is 5. The van der Waals surface area contributed by atoms with E-state index in [-0.39, 0.29) is 6.85 Å². The summed E-state index contributed by atoms with van der Waals surface area (Å²) in [7, 11) is 0. The van der Waals surface area contributed by atoms with E-state index in [0.717, 1.165) is 39.5 Å². The Labute approximate surface area is 337 Å². The van der Waals surface area contributed by atoms with Crippen LogP contribution in [0.25, 0.3) is 72.0 Å². The number of nitrogens with zero attached hydrogens (tertiary/aromatic N) is 2. The van der Waals surface area contributed by atoms with Gasteiger partial charge in [0.15, 0.2) is 0 Å². The van der Waals surface area contributed by atoms with Crippen molar-refractivity contribution < 1.29 is 4.74 Å². The molecule has 3 heterocycles. The van der Waals surface area contributed by atoms with E-state index < -0.39 is 0 Å². The van der Waals surface area contributed by atoms with Crippen LogP contribution in [0.2, 0.25) is 0 Å². The molecule has 2 aliphatic heterocycles. The molecule has 1 aromatic heterocycles. The highest BCUT2D eigenvalue weighted by Gasteiger charge is 2.44. The minimum Gasteiger partial charge on any atom is -0.458 e. The number of hydrogen-bond donors (Lipinski definition) is 0. The smallest absolute Gasteiger partial charge is 0.336 e. The summed E-state index contributed by atoms with van der Waals surface area (Å²) < 4.78 is 9.39. The second-order valence-corrected chi connectivity index (χ2v) is 15.2. The molecule has 3 nitrogen and oxygen atoms in total. The van der Waals surface area contributed by atoms with Gasteiger partial charge in [0.1, 0.15) is 11.5 Å². The van der Waals surface area contributed by atoms with E-state index >= 15 is 0 Å². The van der Waals surface area contributed by atoms with Gasteiger partial charge >= 0.3 is 6.85 Å². The Morgan fingerprint density at radius 3 is 1.78 bits per heavy atom. The minimum absolute atomic E-state index is 0.0996. The average Bonchev–Trinajstić information content (AvgIpc) is 3.63. The molecule has 12 rings (SSSR count). The number of rotatable bonds is 5. The fraction of sp³-hybridized carbons (Fsp3) is 0. The zero-order chi connectivity index (χ0) is 38.2. The summed E-state index contributed by atoms with van der Waals surface area (Å²) in [5.74, 6) is 1.77. The molecule has 0 bridgehead atoms. The maximum absolute atomic E-state index is 6.97. The molecule has 10 aromatic rings. The molecule has 4 heteroatoms. The summed E-state index contributed by atoms with van der Waals surface area (Å²) >= 11 is 0. The molecule has 0 N–H and O–H groups in total. The van der Waals surface area contributed by atoms with Crippen molar-refractivity contribution in [2.75, 3.05) is 4.81 Å². The van der Waals surface area contributed by atoms with Crippen LogP contribution in [-0.4, -0.2) is 11.4 Å². The van der Waals surface area contributed by atoms with Gasteiger partial charge in [-0.05, 0) is 99.5 Å². The number of fused-ring (bicyclic) bond motifs is 7. The van der Waals surface area contributed by atoms with Crippen molar-refractivity contribution in [3.63, 3.8) is 0 Å². The first-order valence-electron chi connectivity index (χ1n) is 20.0. The van der Waals surface area contributed by atoms with Gasteiger partial charge < -0.3 is 14.1 Å². The zero-order valence-electron chi connectivity index (χ0n) is 31.6. The molecule has 0 spiro atoms. The lowest BCUT2D eigenvalue weighted by molar-refractivity contribution is 0.487. The molecule has 0 unspecified atom stereocenters. The summed E-state index contributed by atoms with van der Waals surface area (Å²) in [6, 6.07) is 76.9. The molecule has 9 aromatic carbocycles. The van der Waals surface area contributed by atoms with E-state index in [1.165, 1.54) is 66.3 Å². The molecular formula is C54H35BN2O. The van der Waals surface area contributed by atoms with Gasteiger partial charge in [0.2, 0.25) is 0 Å². The van der Waals surface area contributed by atoms with Gasteiger partial charge in [0.25, 0.3) is 0 Å². The Bertz CT molecular complexity index is 3170. The van der Waals surface area contributed by atoms with E-state index in [9.17, 15) is 0 Å². The highest BCUT2D eigenvalue weighted by atomic mass is 16.5. The standard InChI is InChI=1S/C54H35BN2O/c1-3-16-36(17-4-1)37-18-15-19-38(32-37)39-30-31-45-46-33-40(42-22-7-11-26-48(42)56-49-27-12-8-23-43(49)44-24-9-13-28-50(44)56)35-53-54(46)55(47-25-10-14-29-52(47)58-53)57(51(45)34-39)41-20-5-2-6-21-41/h1-35H. The first-order valence-corrected chi connectivity index (χ1v) is 20.0. The second-order valence-electron chi connectivity index (χ2n) is 15.2. The number of aromatic nitrogens is 1. The van der Waals surface area contributed by atoms with E-state index in [2.05, 4.69) is 222 Å². The summed E-state index contributed by atoms with van der Waals surface area (Å²) in [6.45, 7) is -0.0996. The van der Waals surface area contributed by atoms with Gasteiger partial charge in [-0.2, -0.15) is 0 Å². The molecule has 0 aliphatic carbocycles. The van der Waals surface area contributed by atoms with E-state index in [4.69, 9.17) is 4.74 Å². The van der Waals surface area contributed by atoms with Crippen molar-refractivity contribution >= 4 is 51.0 Å². The maximum Gasteiger partial charge on any atom is 0.336 e. The molecule has 0 saturated heterocycles. The van der Waals surface area contributed by atoms with Crippen LogP contribution in [-0.2, 0) is 0 Å². The first kappa shape index (κ1) is 32.7. The summed E-state index contributed by atoms with van der Waals surface area (Å²) in [6.07, 6.45) is 0. The Morgan fingerprint density at radius 2 is 0.983 bits per heavy atom. The van der Waals surface area contributed by atoms with Crippen molar-refractivity contribution in [1.29, 1.82) is 0 Å². The summed E-state index contributed by atoms with van der Waals surface area (Å²) in [4.78, 5) is 2.53. The molecule has 2 aliphatic rings. The Hall–Kier alpha value is -7.56. The Balaban J connectivity index is 1.11. The quantitative estimate of drug-likeness (QED) is 0.164. The van der Waals surface area contributed by atoms with Crippen molar-refractivity contribution in [2.24, 2.45) is 0 Å². The van der Waals surface area contributed by atoms with E-state index in [1.807, 2.05) is 0 Å². The van der Waals surface area contributed by atoms with Crippen LogP contribution in [0.4, 0.5) is 11.4 Å². The van der Waals surface area contributed by atoms with Crippen molar-refractivity contribution in [2.45, 2.75) is 0 Å². The first-order chi connectivity index (χ1) is 28.8. The van der Waals surface area contributed by atoms with Crippen molar-refractivity contribution in [1.82, 2.24) is 4.57 Å². The van der Waals surface area contributed by atoms with Crippen LogP contribution in [0.15, 0.2) is 212 Å². The predicted octanol–water partition coefficient (Wildman–Crippen LogP) is 12.8. The lowest BCUT2D eigenvalue weighted by Gasteiger charge is -2.42. The fourth-order valence-corrected chi connectivity index (χ4v) is 9.47. The molecule has 0 radical (unpaired) electrons.